The zero-order chi connectivity index (χ0) is 14.3. The third-order valence-electron chi connectivity index (χ3n) is 4.05. The largest absolute Gasteiger partial charge is 0.399 e. The number of alkyl halides is 3. The fraction of sp³-hybridized carbons (Fsp3) is 0.500. The fourth-order valence-electron chi connectivity index (χ4n) is 2.98. The number of rotatable bonds is 1. The van der Waals surface area contributed by atoms with Gasteiger partial charge in [-0.15, -0.1) is 0 Å². The van der Waals surface area contributed by atoms with Gasteiger partial charge in [0.1, 0.15) is 5.82 Å². The minimum atomic E-state index is -4.10. The molecule has 3 nitrogen and oxygen atoms in total. The number of aromatic amines is 1. The van der Waals surface area contributed by atoms with E-state index in [1.165, 1.54) is 0 Å². The molecule has 20 heavy (non-hydrogen) atoms. The van der Waals surface area contributed by atoms with Crippen LogP contribution in [0.1, 0.15) is 37.4 Å². The summed E-state index contributed by atoms with van der Waals surface area (Å²) in [5.74, 6) is -0.705. The summed E-state index contributed by atoms with van der Waals surface area (Å²) in [6, 6.07) is 5.29. The molecule has 2 aromatic rings. The van der Waals surface area contributed by atoms with Crippen molar-refractivity contribution in [2.75, 3.05) is 5.73 Å². The molecule has 0 bridgehead atoms. The van der Waals surface area contributed by atoms with Crippen molar-refractivity contribution >= 4 is 16.7 Å². The summed E-state index contributed by atoms with van der Waals surface area (Å²) in [5, 5.41) is 0. The molecule has 1 fully saturated rings. The first-order valence-corrected chi connectivity index (χ1v) is 6.75. The minimum Gasteiger partial charge on any atom is -0.399 e. The van der Waals surface area contributed by atoms with Crippen LogP contribution in [0.3, 0.4) is 0 Å². The average Bonchev–Trinajstić information content (AvgIpc) is 2.81. The quantitative estimate of drug-likeness (QED) is 0.778. The van der Waals surface area contributed by atoms with Gasteiger partial charge in [0, 0.05) is 11.6 Å². The standard InChI is InChI=1S/C14H16F3N3/c15-14(16,17)9-3-1-2-8(6-9)13-19-11-5-4-10(18)7-12(11)20-13/h4-5,7-9H,1-3,6,18H2,(H,19,20). The summed E-state index contributed by atoms with van der Waals surface area (Å²) in [5.41, 5.74) is 7.85. The zero-order valence-corrected chi connectivity index (χ0v) is 10.9. The van der Waals surface area contributed by atoms with Crippen LogP contribution in [0.25, 0.3) is 11.0 Å². The molecule has 3 rings (SSSR count). The number of hydrogen-bond donors (Lipinski definition) is 2. The van der Waals surface area contributed by atoms with Crippen molar-refractivity contribution in [3.05, 3.63) is 24.0 Å². The third-order valence-corrected chi connectivity index (χ3v) is 4.05. The molecule has 0 radical (unpaired) electrons. The van der Waals surface area contributed by atoms with Crippen LogP contribution in [0.2, 0.25) is 0 Å². The van der Waals surface area contributed by atoms with Gasteiger partial charge in [-0.3, -0.25) is 0 Å². The van der Waals surface area contributed by atoms with Crippen LogP contribution < -0.4 is 5.73 Å². The Morgan fingerprint density at radius 1 is 1.25 bits per heavy atom. The smallest absolute Gasteiger partial charge is 0.391 e. The maximum absolute atomic E-state index is 12.8. The minimum absolute atomic E-state index is 0.124. The van der Waals surface area contributed by atoms with E-state index < -0.39 is 12.1 Å². The van der Waals surface area contributed by atoms with E-state index >= 15 is 0 Å². The van der Waals surface area contributed by atoms with Crippen molar-refractivity contribution in [2.45, 2.75) is 37.8 Å². The number of imidazole rings is 1. The monoisotopic (exact) mass is 283 g/mol. The summed E-state index contributed by atoms with van der Waals surface area (Å²) >= 11 is 0. The Balaban J connectivity index is 1.87. The molecule has 108 valence electrons. The first-order chi connectivity index (χ1) is 9.43. The Kier molecular flexibility index (Phi) is 3.11. The molecule has 1 aliphatic carbocycles. The SMILES string of the molecule is Nc1ccc2nc(C3CCCC(C(F)(F)F)C3)[nH]c2c1. The predicted octanol–water partition coefficient (Wildman–Crippen LogP) is 3.98. The second kappa shape index (κ2) is 4.68. The third kappa shape index (κ3) is 2.46. The first-order valence-electron chi connectivity index (χ1n) is 6.75. The average molecular weight is 283 g/mol. The first kappa shape index (κ1) is 13.3. The molecule has 1 aromatic heterocycles. The Hall–Kier alpha value is -1.72. The highest BCUT2D eigenvalue weighted by Gasteiger charge is 2.42. The number of nitrogens with zero attached hydrogens (tertiary/aromatic N) is 1. The molecule has 1 saturated carbocycles. The normalized spacial score (nSPS) is 24.1. The van der Waals surface area contributed by atoms with Gasteiger partial charge in [-0.1, -0.05) is 6.42 Å². The van der Waals surface area contributed by atoms with Crippen LogP contribution in [0.5, 0.6) is 0 Å². The van der Waals surface area contributed by atoms with Crippen LogP contribution in [0.4, 0.5) is 18.9 Å². The van der Waals surface area contributed by atoms with E-state index in [0.29, 0.717) is 17.9 Å². The van der Waals surface area contributed by atoms with E-state index in [2.05, 4.69) is 9.97 Å². The number of benzene rings is 1. The Labute approximate surface area is 114 Å². The van der Waals surface area contributed by atoms with Crippen LogP contribution in [-0.4, -0.2) is 16.1 Å². The Morgan fingerprint density at radius 3 is 2.80 bits per heavy atom. The highest BCUT2D eigenvalue weighted by molar-refractivity contribution is 5.78. The number of nitrogen functional groups attached to an aromatic ring is 1. The van der Waals surface area contributed by atoms with Crippen LogP contribution in [0, 0.1) is 5.92 Å². The summed E-state index contributed by atoms with van der Waals surface area (Å²) in [6.07, 6.45) is -2.41. The number of nitrogens with two attached hydrogens (primary N) is 1. The van der Waals surface area contributed by atoms with Crippen LogP contribution >= 0.6 is 0 Å². The summed E-state index contributed by atoms with van der Waals surface area (Å²) < 4.78 is 38.5. The summed E-state index contributed by atoms with van der Waals surface area (Å²) in [7, 11) is 0. The van der Waals surface area contributed by atoms with E-state index in [0.717, 1.165) is 17.5 Å². The van der Waals surface area contributed by atoms with Crippen molar-refractivity contribution in [3.8, 4) is 0 Å². The Bertz CT molecular complexity index is 618. The molecule has 1 aromatic carbocycles. The van der Waals surface area contributed by atoms with Gasteiger partial charge < -0.3 is 10.7 Å². The molecule has 2 unspecified atom stereocenters. The molecular formula is C14H16F3N3. The lowest BCUT2D eigenvalue weighted by molar-refractivity contribution is -0.183. The van der Waals surface area contributed by atoms with E-state index in [1.807, 2.05) is 0 Å². The maximum Gasteiger partial charge on any atom is 0.391 e. The predicted molar refractivity (Wildman–Crippen MR) is 71.3 cm³/mol. The molecule has 3 N–H and O–H groups in total. The van der Waals surface area contributed by atoms with Gasteiger partial charge in [-0.2, -0.15) is 13.2 Å². The van der Waals surface area contributed by atoms with Gasteiger partial charge in [0.15, 0.2) is 0 Å². The van der Waals surface area contributed by atoms with Crippen molar-refractivity contribution in [1.82, 2.24) is 9.97 Å². The van der Waals surface area contributed by atoms with Crippen molar-refractivity contribution in [3.63, 3.8) is 0 Å². The lowest BCUT2D eigenvalue weighted by Gasteiger charge is -2.29. The molecule has 2 atom stereocenters. The van der Waals surface area contributed by atoms with E-state index in [9.17, 15) is 13.2 Å². The van der Waals surface area contributed by atoms with Crippen LogP contribution in [-0.2, 0) is 0 Å². The maximum atomic E-state index is 12.8. The van der Waals surface area contributed by atoms with Crippen LogP contribution in [0.15, 0.2) is 18.2 Å². The molecule has 1 heterocycles. The second-order valence-corrected chi connectivity index (χ2v) is 5.50. The zero-order valence-electron chi connectivity index (χ0n) is 10.9. The van der Waals surface area contributed by atoms with E-state index in [1.54, 1.807) is 18.2 Å². The lowest BCUT2D eigenvalue weighted by Crippen LogP contribution is -2.28. The highest BCUT2D eigenvalue weighted by Crippen LogP contribution is 2.43. The van der Waals surface area contributed by atoms with Gasteiger partial charge in [-0.05, 0) is 37.5 Å². The molecule has 1 aliphatic rings. The molecule has 0 aliphatic heterocycles. The number of halogens is 3. The number of fused-ring (bicyclic) bond motifs is 1. The summed E-state index contributed by atoms with van der Waals surface area (Å²) in [4.78, 5) is 7.54. The van der Waals surface area contributed by atoms with Crippen molar-refractivity contribution in [1.29, 1.82) is 0 Å². The van der Waals surface area contributed by atoms with Gasteiger partial charge in [0.05, 0.1) is 17.0 Å². The number of anilines is 1. The van der Waals surface area contributed by atoms with Gasteiger partial charge in [0.2, 0.25) is 0 Å². The molecule has 0 saturated heterocycles. The molecular weight excluding hydrogens is 267 g/mol. The van der Waals surface area contributed by atoms with Gasteiger partial charge >= 0.3 is 6.18 Å². The topological polar surface area (TPSA) is 54.7 Å². The number of aromatic nitrogens is 2. The van der Waals surface area contributed by atoms with Crippen molar-refractivity contribution < 1.29 is 13.2 Å². The second-order valence-electron chi connectivity index (χ2n) is 5.50. The highest BCUT2D eigenvalue weighted by atomic mass is 19.4. The number of nitrogens with one attached hydrogen (secondary N) is 1. The lowest BCUT2D eigenvalue weighted by atomic mass is 9.80. The summed E-state index contributed by atoms with van der Waals surface area (Å²) in [6.45, 7) is 0. The molecule has 0 amide bonds. The van der Waals surface area contributed by atoms with Crippen molar-refractivity contribution in [2.24, 2.45) is 5.92 Å². The number of H-pyrrole nitrogens is 1. The van der Waals surface area contributed by atoms with Gasteiger partial charge in [-0.25, -0.2) is 4.98 Å². The van der Waals surface area contributed by atoms with E-state index in [4.69, 9.17) is 5.73 Å². The molecule has 6 heteroatoms. The Morgan fingerprint density at radius 2 is 2.05 bits per heavy atom. The van der Waals surface area contributed by atoms with Gasteiger partial charge in [0.25, 0.3) is 0 Å². The fourth-order valence-corrected chi connectivity index (χ4v) is 2.98. The molecule has 0 spiro atoms. The van der Waals surface area contributed by atoms with E-state index in [-0.39, 0.29) is 18.8 Å². The number of hydrogen-bond acceptors (Lipinski definition) is 2.